The number of fused-ring (bicyclic) bond motifs is 1. The van der Waals surface area contributed by atoms with Crippen molar-refractivity contribution in [3.63, 3.8) is 0 Å². The van der Waals surface area contributed by atoms with E-state index in [1.54, 1.807) is 12.3 Å². The predicted molar refractivity (Wildman–Crippen MR) is 106 cm³/mol. The van der Waals surface area contributed by atoms with E-state index in [2.05, 4.69) is 25.6 Å². The standard InChI is InChI=1S/C19H20ClFN6/c20-15-7-13(5-6-16(15)21)27-19-14-9-23-18(8-17(14)24-10-25-19)26-12-3-1-11(22)2-4-12/h5-12H,1-4,22H2,(H,23,26)(H,24,25,27). The fourth-order valence-electron chi connectivity index (χ4n) is 3.31. The number of nitrogens with one attached hydrogen (secondary N) is 2. The number of aromatic nitrogens is 3. The molecule has 0 aliphatic heterocycles. The molecule has 0 unspecified atom stereocenters. The van der Waals surface area contributed by atoms with Crippen LogP contribution < -0.4 is 16.4 Å². The van der Waals surface area contributed by atoms with Crippen molar-refractivity contribution in [3.8, 4) is 0 Å². The minimum absolute atomic E-state index is 0.0511. The molecule has 1 aliphatic rings. The van der Waals surface area contributed by atoms with Gasteiger partial charge in [-0.3, -0.25) is 0 Å². The van der Waals surface area contributed by atoms with E-state index in [0.29, 0.717) is 23.6 Å². The molecule has 1 saturated carbocycles. The van der Waals surface area contributed by atoms with Gasteiger partial charge in [-0.05, 0) is 43.9 Å². The molecule has 0 bridgehead atoms. The summed E-state index contributed by atoms with van der Waals surface area (Å²) in [5.41, 5.74) is 7.38. The van der Waals surface area contributed by atoms with Gasteiger partial charge in [-0.1, -0.05) is 11.6 Å². The summed E-state index contributed by atoms with van der Waals surface area (Å²) in [6.07, 6.45) is 7.37. The minimum Gasteiger partial charge on any atom is -0.367 e. The molecule has 2 heterocycles. The highest BCUT2D eigenvalue weighted by Gasteiger charge is 2.18. The zero-order valence-corrected chi connectivity index (χ0v) is 15.4. The predicted octanol–water partition coefficient (Wildman–Crippen LogP) is 4.24. The monoisotopic (exact) mass is 386 g/mol. The molecule has 27 heavy (non-hydrogen) atoms. The van der Waals surface area contributed by atoms with Crippen LogP contribution in [0.15, 0.2) is 36.8 Å². The molecule has 4 N–H and O–H groups in total. The van der Waals surface area contributed by atoms with Crippen LogP contribution in [0.2, 0.25) is 5.02 Å². The van der Waals surface area contributed by atoms with E-state index in [0.717, 1.165) is 42.4 Å². The molecule has 0 amide bonds. The number of rotatable bonds is 4. The van der Waals surface area contributed by atoms with Gasteiger partial charge >= 0.3 is 0 Å². The van der Waals surface area contributed by atoms with E-state index in [-0.39, 0.29) is 5.02 Å². The molecular weight excluding hydrogens is 367 g/mol. The van der Waals surface area contributed by atoms with E-state index in [1.165, 1.54) is 18.5 Å². The molecule has 3 aromatic rings. The Morgan fingerprint density at radius 2 is 1.89 bits per heavy atom. The Hall–Kier alpha value is -2.51. The second kappa shape index (κ2) is 7.62. The lowest BCUT2D eigenvalue weighted by atomic mass is 9.92. The molecule has 1 fully saturated rings. The number of nitrogens with two attached hydrogens (primary N) is 1. The highest BCUT2D eigenvalue weighted by molar-refractivity contribution is 6.31. The normalized spacial score (nSPS) is 19.8. The van der Waals surface area contributed by atoms with E-state index in [1.807, 2.05) is 6.07 Å². The summed E-state index contributed by atoms with van der Waals surface area (Å²) >= 11 is 5.84. The Kier molecular flexibility index (Phi) is 5.05. The van der Waals surface area contributed by atoms with Crippen molar-refractivity contribution in [2.75, 3.05) is 10.6 Å². The molecule has 0 spiro atoms. The number of hydrogen-bond donors (Lipinski definition) is 3. The Labute approximate surface area is 161 Å². The van der Waals surface area contributed by atoms with Crippen molar-refractivity contribution in [1.29, 1.82) is 0 Å². The Bertz CT molecular complexity index is 958. The summed E-state index contributed by atoms with van der Waals surface area (Å²) in [5, 5.41) is 7.44. The molecule has 6 nitrogen and oxygen atoms in total. The molecule has 0 radical (unpaired) electrons. The van der Waals surface area contributed by atoms with Crippen molar-refractivity contribution >= 4 is 39.8 Å². The van der Waals surface area contributed by atoms with Crippen LogP contribution in [0.25, 0.3) is 10.9 Å². The van der Waals surface area contributed by atoms with Gasteiger partial charge in [-0.25, -0.2) is 19.3 Å². The van der Waals surface area contributed by atoms with Crippen LogP contribution in [0.5, 0.6) is 0 Å². The van der Waals surface area contributed by atoms with Gasteiger partial charge in [0.25, 0.3) is 0 Å². The topological polar surface area (TPSA) is 88.8 Å². The fraction of sp³-hybridized carbons (Fsp3) is 0.316. The van der Waals surface area contributed by atoms with Crippen LogP contribution in [0, 0.1) is 5.82 Å². The van der Waals surface area contributed by atoms with E-state index in [9.17, 15) is 4.39 Å². The maximum atomic E-state index is 13.3. The quantitative estimate of drug-likeness (QED) is 0.621. The van der Waals surface area contributed by atoms with Crippen LogP contribution >= 0.6 is 11.6 Å². The second-order valence-electron chi connectivity index (χ2n) is 6.82. The van der Waals surface area contributed by atoms with Gasteiger partial charge in [0.2, 0.25) is 0 Å². The Morgan fingerprint density at radius 1 is 1.07 bits per heavy atom. The largest absolute Gasteiger partial charge is 0.367 e. The molecule has 140 valence electrons. The summed E-state index contributed by atoms with van der Waals surface area (Å²) in [6.45, 7) is 0. The number of anilines is 3. The van der Waals surface area contributed by atoms with Gasteiger partial charge < -0.3 is 16.4 Å². The third kappa shape index (κ3) is 4.09. The molecule has 4 rings (SSSR count). The highest BCUT2D eigenvalue weighted by Crippen LogP contribution is 2.27. The van der Waals surface area contributed by atoms with Gasteiger partial charge in [-0.15, -0.1) is 0 Å². The molecule has 0 atom stereocenters. The highest BCUT2D eigenvalue weighted by atomic mass is 35.5. The second-order valence-corrected chi connectivity index (χ2v) is 7.23. The van der Waals surface area contributed by atoms with Crippen LogP contribution in [-0.4, -0.2) is 27.0 Å². The van der Waals surface area contributed by atoms with E-state index >= 15 is 0 Å². The van der Waals surface area contributed by atoms with Crippen LogP contribution in [0.4, 0.5) is 21.7 Å². The van der Waals surface area contributed by atoms with Crippen molar-refractivity contribution in [1.82, 2.24) is 15.0 Å². The first kappa shape index (κ1) is 17.9. The molecular formula is C19H20ClFN6. The summed E-state index contributed by atoms with van der Waals surface area (Å²) in [5.74, 6) is 0.915. The average Bonchev–Trinajstić information content (AvgIpc) is 2.67. The first-order valence-corrected chi connectivity index (χ1v) is 9.31. The molecule has 1 aliphatic carbocycles. The number of pyridine rings is 1. The Balaban J connectivity index is 1.55. The third-order valence-corrected chi connectivity index (χ3v) is 5.12. The van der Waals surface area contributed by atoms with Crippen LogP contribution in [0.1, 0.15) is 25.7 Å². The molecule has 8 heteroatoms. The zero-order valence-electron chi connectivity index (χ0n) is 14.6. The van der Waals surface area contributed by atoms with Crippen molar-refractivity contribution < 1.29 is 4.39 Å². The van der Waals surface area contributed by atoms with E-state index in [4.69, 9.17) is 17.3 Å². The fourth-order valence-corrected chi connectivity index (χ4v) is 3.49. The first-order valence-electron chi connectivity index (χ1n) is 8.93. The lowest BCUT2D eigenvalue weighted by molar-refractivity contribution is 0.410. The van der Waals surface area contributed by atoms with Crippen LogP contribution in [-0.2, 0) is 0 Å². The zero-order chi connectivity index (χ0) is 18.8. The number of hydrogen-bond acceptors (Lipinski definition) is 6. The van der Waals surface area contributed by atoms with Crippen LogP contribution in [0.3, 0.4) is 0 Å². The SMILES string of the molecule is NC1CCC(Nc2cc3ncnc(Nc4ccc(F)c(Cl)c4)c3cn2)CC1. The minimum atomic E-state index is -0.462. The van der Waals surface area contributed by atoms with E-state index < -0.39 is 5.82 Å². The Morgan fingerprint density at radius 3 is 2.67 bits per heavy atom. The van der Waals surface area contributed by atoms with Gasteiger partial charge in [-0.2, -0.15) is 0 Å². The molecule has 0 saturated heterocycles. The summed E-state index contributed by atoms with van der Waals surface area (Å²) < 4.78 is 13.3. The average molecular weight is 387 g/mol. The molecule has 2 aromatic heterocycles. The van der Waals surface area contributed by atoms with Gasteiger partial charge in [0, 0.05) is 30.0 Å². The lowest BCUT2D eigenvalue weighted by Crippen LogP contribution is -2.33. The lowest BCUT2D eigenvalue weighted by Gasteiger charge is -2.27. The smallest absolute Gasteiger partial charge is 0.143 e. The van der Waals surface area contributed by atoms with Gasteiger partial charge in [0.05, 0.1) is 15.9 Å². The number of halogens is 2. The van der Waals surface area contributed by atoms with Gasteiger partial charge in [0.15, 0.2) is 0 Å². The first-order chi connectivity index (χ1) is 13.1. The van der Waals surface area contributed by atoms with Crippen molar-refractivity contribution in [2.45, 2.75) is 37.8 Å². The van der Waals surface area contributed by atoms with Gasteiger partial charge in [0.1, 0.15) is 23.8 Å². The van der Waals surface area contributed by atoms with Crippen molar-refractivity contribution in [3.05, 3.63) is 47.6 Å². The third-order valence-electron chi connectivity index (χ3n) is 4.83. The van der Waals surface area contributed by atoms with Crippen molar-refractivity contribution in [2.24, 2.45) is 5.73 Å². The number of nitrogens with zero attached hydrogens (tertiary/aromatic N) is 3. The summed E-state index contributed by atoms with van der Waals surface area (Å²) in [6, 6.07) is 7.04. The number of benzene rings is 1. The molecule has 1 aromatic carbocycles. The summed E-state index contributed by atoms with van der Waals surface area (Å²) in [7, 11) is 0. The summed E-state index contributed by atoms with van der Waals surface area (Å²) in [4.78, 5) is 13.1. The maximum Gasteiger partial charge on any atom is 0.143 e. The maximum absolute atomic E-state index is 13.3.